The third kappa shape index (κ3) is 2.87. The predicted octanol–water partition coefficient (Wildman–Crippen LogP) is 2.67. The molecule has 1 unspecified atom stereocenters. The van der Waals surface area contributed by atoms with Gasteiger partial charge in [-0.2, -0.15) is 0 Å². The van der Waals surface area contributed by atoms with Gasteiger partial charge >= 0.3 is 5.97 Å². The first-order chi connectivity index (χ1) is 12.7. The van der Waals surface area contributed by atoms with Crippen molar-refractivity contribution < 1.29 is 9.53 Å². The summed E-state index contributed by atoms with van der Waals surface area (Å²) in [6, 6.07) is 10.6. The van der Waals surface area contributed by atoms with E-state index >= 15 is 0 Å². The van der Waals surface area contributed by atoms with Crippen LogP contribution in [-0.4, -0.2) is 40.9 Å². The molecule has 1 saturated carbocycles. The van der Waals surface area contributed by atoms with Crippen LogP contribution >= 0.6 is 0 Å². The zero-order valence-corrected chi connectivity index (χ0v) is 15.5. The van der Waals surface area contributed by atoms with Crippen LogP contribution in [0, 0.1) is 5.92 Å². The second-order valence-corrected chi connectivity index (χ2v) is 7.47. The molecule has 0 spiro atoms. The SMILES string of the molecule is COC(=O)C1CCCN(c2nnc(C3(c4ccccc4)CC3)n2C)CC1. The number of hydrogen-bond acceptors (Lipinski definition) is 5. The average molecular weight is 354 g/mol. The fraction of sp³-hybridized carbons (Fsp3) is 0.550. The number of nitrogens with zero attached hydrogens (tertiary/aromatic N) is 4. The molecule has 1 aliphatic carbocycles. The first kappa shape index (κ1) is 17.1. The highest BCUT2D eigenvalue weighted by Crippen LogP contribution is 2.52. The van der Waals surface area contributed by atoms with Gasteiger partial charge in [0.2, 0.25) is 5.95 Å². The van der Waals surface area contributed by atoms with E-state index in [0.717, 1.165) is 57.0 Å². The molecule has 2 heterocycles. The number of benzene rings is 1. The van der Waals surface area contributed by atoms with Crippen molar-refractivity contribution in [3.05, 3.63) is 41.7 Å². The zero-order valence-electron chi connectivity index (χ0n) is 15.5. The Morgan fingerprint density at radius 1 is 1.15 bits per heavy atom. The Labute approximate surface area is 154 Å². The van der Waals surface area contributed by atoms with Crippen LogP contribution in [0.4, 0.5) is 5.95 Å². The van der Waals surface area contributed by atoms with Gasteiger partial charge < -0.3 is 9.64 Å². The van der Waals surface area contributed by atoms with Crippen LogP contribution in [0.1, 0.15) is 43.5 Å². The Bertz CT molecular complexity index is 782. The molecule has 26 heavy (non-hydrogen) atoms. The smallest absolute Gasteiger partial charge is 0.308 e. The van der Waals surface area contributed by atoms with Crippen molar-refractivity contribution in [3.8, 4) is 0 Å². The highest BCUT2D eigenvalue weighted by Gasteiger charge is 2.50. The maximum atomic E-state index is 11.9. The minimum absolute atomic E-state index is 0.00297. The molecule has 1 aromatic heterocycles. The van der Waals surface area contributed by atoms with Crippen LogP contribution in [0.25, 0.3) is 0 Å². The number of aromatic nitrogens is 3. The van der Waals surface area contributed by atoms with Crippen LogP contribution in [0.15, 0.2) is 30.3 Å². The van der Waals surface area contributed by atoms with E-state index in [2.05, 4.69) is 57.0 Å². The largest absolute Gasteiger partial charge is 0.469 e. The normalized spacial score (nSPS) is 21.9. The van der Waals surface area contributed by atoms with Crippen molar-refractivity contribution in [1.82, 2.24) is 14.8 Å². The van der Waals surface area contributed by atoms with Gasteiger partial charge in [0.15, 0.2) is 0 Å². The molecule has 6 heteroatoms. The second kappa shape index (κ2) is 6.74. The van der Waals surface area contributed by atoms with Gasteiger partial charge in [0.05, 0.1) is 18.4 Å². The lowest BCUT2D eigenvalue weighted by atomic mass is 9.95. The highest BCUT2D eigenvalue weighted by atomic mass is 16.5. The topological polar surface area (TPSA) is 60.2 Å². The Morgan fingerprint density at radius 2 is 1.92 bits per heavy atom. The van der Waals surface area contributed by atoms with E-state index in [1.165, 1.54) is 12.7 Å². The second-order valence-electron chi connectivity index (χ2n) is 7.47. The monoisotopic (exact) mass is 354 g/mol. The summed E-state index contributed by atoms with van der Waals surface area (Å²) in [5, 5.41) is 9.11. The first-order valence-electron chi connectivity index (χ1n) is 9.44. The zero-order chi connectivity index (χ0) is 18.1. The number of hydrogen-bond donors (Lipinski definition) is 0. The number of rotatable bonds is 4. The third-order valence-corrected chi connectivity index (χ3v) is 5.90. The summed E-state index contributed by atoms with van der Waals surface area (Å²) >= 11 is 0. The number of esters is 1. The standard InChI is InChI=1S/C20H26N4O2/c1-23-18(20(11-12-20)16-8-4-3-5-9-16)21-22-19(23)24-13-6-7-15(10-14-24)17(25)26-2/h3-5,8-9,15H,6-7,10-14H2,1-2H3. The Hall–Kier alpha value is -2.37. The number of carbonyl (C=O) groups is 1. The lowest BCUT2D eigenvalue weighted by molar-refractivity contribution is -0.145. The molecule has 1 atom stereocenters. The lowest BCUT2D eigenvalue weighted by Gasteiger charge is -2.22. The van der Waals surface area contributed by atoms with Gasteiger partial charge in [-0.1, -0.05) is 30.3 Å². The van der Waals surface area contributed by atoms with Crippen molar-refractivity contribution in [3.63, 3.8) is 0 Å². The minimum Gasteiger partial charge on any atom is -0.469 e. The van der Waals surface area contributed by atoms with E-state index < -0.39 is 0 Å². The molecule has 1 aliphatic heterocycles. The van der Waals surface area contributed by atoms with Gasteiger partial charge in [-0.15, -0.1) is 10.2 Å². The predicted molar refractivity (Wildman–Crippen MR) is 99.0 cm³/mol. The van der Waals surface area contributed by atoms with Crippen LogP contribution in [0.5, 0.6) is 0 Å². The molecule has 138 valence electrons. The van der Waals surface area contributed by atoms with Crippen LogP contribution in [0.2, 0.25) is 0 Å². The summed E-state index contributed by atoms with van der Waals surface area (Å²) in [5.74, 6) is 1.86. The molecule has 0 radical (unpaired) electrons. The van der Waals surface area contributed by atoms with E-state index in [-0.39, 0.29) is 17.3 Å². The van der Waals surface area contributed by atoms with Gasteiger partial charge in [-0.3, -0.25) is 9.36 Å². The summed E-state index contributed by atoms with van der Waals surface area (Å²) in [4.78, 5) is 14.1. The molecule has 0 N–H and O–H groups in total. The molecule has 0 amide bonds. The van der Waals surface area contributed by atoms with Gasteiger partial charge in [-0.05, 0) is 37.7 Å². The molecule has 2 aromatic rings. The summed E-state index contributed by atoms with van der Waals surface area (Å²) in [5.41, 5.74) is 1.34. The number of carbonyl (C=O) groups excluding carboxylic acids is 1. The summed E-state index contributed by atoms with van der Waals surface area (Å²) in [6.07, 6.45) is 4.88. The van der Waals surface area contributed by atoms with Gasteiger partial charge in [-0.25, -0.2) is 0 Å². The summed E-state index contributed by atoms with van der Waals surface area (Å²) < 4.78 is 7.08. The molecule has 4 rings (SSSR count). The summed E-state index contributed by atoms with van der Waals surface area (Å²) in [6.45, 7) is 1.71. The Kier molecular flexibility index (Phi) is 4.42. The maximum Gasteiger partial charge on any atom is 0.308 e. The number of anilines is 1. The molecule has 1 saturated heterocycles. The first-order valence-corrected chi connectivity index (χ1v) is 9.44. The van der Waals surface area contributed by atoms with Gasteiger partial charge in [0.1, 0.15) is 5.82 Å². The quantitative estimate of drug-likeness (QED) is 0.790. The van der Waals surface area contributed by atoms with Crippen LogP contribution < -0.4 is 4.90 Å². The van der Waals surface area contributed by atoms with Crippen molar-refractivity contribution >= 4 is 11.9 Å². The van der Waals surface area contributed by atoms with Crippen molar-refractivity contribution in [1.29, 1.82) is 0 Å². The molecule has 1 aromatic carbocycles. The highest BCUT2D eigenvalue weighted by molar-refractivity contribution is 5.72. The Balaban J connectivity index is 1.56. The Morgan fingerprint density at radius 3 is 2.62 bits per heavy atom. The average Bonchev–Trinajstić information content (AvgIpc) is 3.44. The molecule has 0 bridgehead atoms. The minimum atomic E-state index is -0.0912. The van der Waals surface area contributed by atoms with Gasteiger partial charge in [0.25, 0.3) is 0 Å². The van der Waals surface area contributed by atoms with Crippen LogP contribution in [-0.2, 0) is 22.0 Å². The van der Waals surface area contributed by atoms with Crippen molar-refractivity contribution in [2.75, 3.05) is 25.1 Å². The van der Waals surface area contributed by atoms with E-state index in [1.54, 1.807) is 0 Å². The fourth-order valence-corrected chi connectivity index (χ4v) is 4.24. The van der Waals surface area contributed by atoms with E-state index in [9.17, 15) is 4.79 Å². The number of methoxy groups -OCH3 is 1. The molecular formula is C20H26N4O2. The number of ether oxygens (including phenoxy) is 1. The fourth-order valence-electron chi connectivity index (χ4n) is 4.24. The van der Waals surface area contributed by atoms with Crippen LogP contribution in [0.3, 0.4) is 0 Å². The van der Waals surface area contributed by atoms with E-state index in [4.69, 9.17) is 4.74 Å². The van der Waals surface area contributed by atoms with E-state index in [1.807, 2.05) is 0 Å². The molecule has 6 nitrogen and oxygen atoms in total. The van der Waals surface area contributed by atoms with Gasteiger partial charge in [0, 0.05) is 20.1 Å². The molecule has 2 aliphatic rings. The molecule has 2 fully saturated rings. The van der Waals surface area contributed by atoms with Crippen molar-refractivity contribution in [2.24, 2.45) is 13.0 Å². The lowest BCUT2D eigenvalue weighted by Crippen LogP contribution is -2.28. The summed E-state index contributed by atoms with van der Waals surface area (Å²) in [7, 11) is 3.54. The van der Waals surface area contributed by atoms with Crippen molar-refractivity contribution in [2.45, 2.75) is 37.5 Å². The third-order valence-electron chi connectivity index (χ3n) is 5.90. The molecular weight excluding hydrogens is 328 g/mol. The maximum absolute atomic E-state index is 11.9. The van der Waals surface area contributed by atoms with E-state index in [0.29, 0.717) is 0 Å².